The van der Waals surface area contributed by atoms with Gasteiger partial charge in [0.2, 0.25) is 0 Å². The summed E-state index contributed by atoms with van der Waals surface area (Å²) in [6.07, 6.45) is 1.42. The van der Waals surface area contributed by atoms with Crippen molar-refractivity contribution in [3.05, 3.63) is 46.7 Å². The summed E-state index contributed by atoms with van der Waals surface area (Å²) in [5, 5.41) is 13.1. The van der Waals surface area contributed by atoms with Gasteiger partial charge in [-0.15, -0.1) is 0 Å². The summed E-state index contributed by atoms with van der Waals surface area (Å²) in [5.41, 5.74) is 2.66. The summed E-state index contributed by atoms with van der Waals surface area (Å²) in [5.74, 6) is 0.845. The van der Waals surface area contributed by atoms with E-state index in [1.165, 1.54) is 6.20 Å². The zero-order valence-electron chi connectivity index (χ0n) is 10.8. The third-order valence-corrected chi connectivity index (χ3v) is 3.16. The van der Waals surface area contributed by atoms with Gasteiger partial charge in [0.15, 0.2) is 0 Å². The second kappa shape index (κ2) is 5.80. The number of ether oxygens (including phenoxy) is 1. The summed E-state index contributed by atoms with van der Waals surface area (Å²) < 4.78 is 5.28. The molecule has 0 radical (unpaired) electrons. The molecule has 0 amide bonds. The first-order chi connectivity index (χ1) is 9.10. The normalized spacial score (nSPS) is 10.3. The van der Waals surface area contributed by atoms with Crippen LogP contribution < -0.4 is 10.1 Å². The van der Waals surface area contributed by atoms with Gasteiger partial charge in [0.05, 0.1) is 31.2 Å². The summed E-state index contributed by atoms with van der Waals surface area (Å²) in [4.78, 5) is 4.11. The first kappa shape index (κ1) is 13.5. The summed E-state index contributed by atoms with van der Waals surface area (Å²) in [6, 6.07) is 7.08. The predicted octanol–water partition coefficient (Wildman–Crippen LogP) is 3.37. The van der Waals surface area contributed by atoms with Crippen molar-refractivity contribution in [1.82, 2.24) is 4.98 Å². The maximum atomic E-state index is 9.17. The number of methoxy groups -OCH3 is 1. The van der Waals surface area contributed by atoms with E-state index in [-0.39, 0.29) is 5.75 Å². The average Bonchev–Trinajstić information content (AvgIpc) is 2.41. The Morgan fingerprint density at radius 1 is 1.37 bits per heavy atom. The van der Waals surface area contributed by atoms with E-state index in [4.69, 9.17) is 16.3 Å². The maximum Gasteiger partial charge on any atom is 0.143 e. The second-order valence-corrected chi connectivity index (χ2v) is 4.57. The number of pyridine rings is 1. The van der Waals surface area contributed by atoms with Gasteiger partial charge in [-0.3, -0.25) is 4.98 Å². The van der Waals surface area contributed by atoms with Crippen LogP contribution >= 0.6 is 11.6 Å². The highest BCUT2D eigenvalue weighted by Gasteiger charge is 2.07. The highest BCUT2D eigenvalue weighted by Crippen LogP contribution is 2.31. The lowest BCUT2D eigenvalue weighted by Crippen LogP contribution is -2.03. The Bertz CT molecular complexity index is 570. The van der Waals surface area contributed by atoms with Crippen LogP contribution in [0, 0.1) is 6.92 Å². The molecular formula is C14H15ClN2O2. The lowest BCUT2D eigenvalue weighted by Gasteiger charge is -2.12. The fourth-order valence-corrected chi connectivity index (χ4v) is 1.83. The van der Waals surface area contributed by atoms with E-state index in [1.807, 2.05) is 13.0 Å². The molecule has 0 saturated carbocycles. The Balaban J connectivity index is 2.14. The van der Waals surface area contributed by atoms with Crippen LogP contribution in [-0.4, -0.2) is 17.2 Å². The van der Waals surface area contributed by atoms with Crippen molar-refractivity contribution < 1.29 is 9.84 Å². The van der Waals surface area contributed by atoms with Gasteiger partial charge in [0.25, 0.3) is 0 Å². The number of aromatic nitrogens is 1. The van der Waals surface area contributed by atoms with Gasteiger partial charge in [-0.1, -0.05) is 11.6 Å². The van der Waals surface area contributed by atoms with Crippen LogP contribution in [-0.2, 0) is 6.54 Å². The van der Waals surface area contributed by atoms with Crippen LogP contribution in [0.5, 0.6) is 11.5 Å². The molecule has 2 rings (SSSR count). The van der Waals surface area contributed by atoms with E-state index in [2.05, 4.69) is 10.3 Å². The molecule has 4 nitrogen and oxygen atoms in total. The third kappa shape index (κ3) is 3.29. The Labute approximate surface area is 117 Å². The fourth-order valence-electron chi connectivity index (χ4n) is 1.68. The number of nitrogens with zero attached hydrogens (tertiary/aromatic N) is 1. The van der Waals surface area contributed by atoms with E-state index in [0.717, 1.165) is 16.9 Å². The standard InChI is InChI=1S/C14H15ClN2O2/c1-9-5-13(14(19-2)6-12(9)15)17-7-10-3-4-11(18)8-16-10/h3-6,8,17-18H,7H2,1-2H3. The van der Waals surface area contributed by atoms with Gasteiger partial charge in [-0.2, -0.15) is 0 Å². The number of anilines is 1. The van der Waals surface area contributed by atoms with Crippen molar-refractivity contribution in [1.29, 1.82) is 0 Å². The van der Waals surface area contributed by atoms with Crippen LogP contribution in [0.15, 0.2) is 30.5 Å². The lowest BCUT2D eigenvalue weighted by molar-refractivity contribution is 0.416. The number of hydrogen-bond donors (Lipinski definition) is 2. The topological polar surface area (TPSA) is 54.4 Å². The minimum Gasteiger partial charge on any atom is -0.506 e. The quantitative estimate of drug-likeness (QED) is 0.900. The number of benzene rings is 1. The number of aromatic hydroxyl groups is 1. The summed E-state index contributed by atoms with van der Waals surface area (Å²) in [7, 11) is 1.60. The molecule has 0 bridgehead atoms. The number of halogens is 1. The molecule has 0 aliphatic heterocycles. The van der Waals surface area contributed by atoms with Gasteiger partial charge in [0.1, 0.15) is 11.5 Å². The Morgan fingerprint density at radius 2 is 2.16 bits per heavy atom. The SMILES string of the molecule is COc1cc(Cl)c(C)cc1NCc1ccc(O)cn1. The van der Waals surface area contributed by atoms with Crippen molar-refractivity contribution in [2.75, 3.05) is 12.4 Å². The fraction of sp³-hybridized carbons (Fsp3) is 0.214. The minimum absolute atomic E-state index is 0.156. The van der Waals surface area contributed by atoms with Gasteiger partial charge < -0.3 is 15.2 Å². The Hall–Kier alpha value is -1.94. The van der Waals surface area contributed by atoms with E-state index in [1.54, 1.807) is 25.3 Å². The van der Waals surface area contributed by atoms with Crippen LogP contribution in [0.1, 0.15) is 11.3 Å². The molecule has 0 atom stereocenters. The molecular weight excluding hydrogens is 264 g/mol. The molecule has 19 heavy (non-hydrogen) atoms. The molecule has 1 aromatic carbocycles. The lowest BCUT2D eigenvalue weighted by atomic mass is 10.2. The predicted molar refractivity (Wildman–Crippen MR) is 76.0 cm³/mol. The second-order valence-electron chi connectivity index (χ2n) is 4.16. The number of aryl methyl sites for hydroxylation is 1. The van der Waals surface area contributed by atoms with E-state index < -0.39 is 0 Å². The zero-order chi connectivity index (χ0) is 13.8. The smallest absolute Gasteiger partial charge is 0.143 e. The van der Waals surface area contributed by atoms with Crippen LogP contribution in [0.3, 0.4) is 0 Å². The number of rotatable bonds is 4. The zero-order valence-corrected chi connectivity index (χ0v) is 11.5. The van der Waals surface area contributed by atoms with Gasteiger partial charge >= 0.3 is 0 Å². The summed E-state index contributed by atoms with van der Waals surface area (Å²) in [6.45, 7) is 2.48. The molecule has 0 spiro atoms. The van der Waals surface area contributed by atoms with Crippen molar-refractivity contribution in [2.45, 2.75) is 13.5 Å². The highest BCUT2D eigenvalue weighted by atomic mass is 35.5. The molecule has 1 heterocycles. The molecule has 5 heteroatoms. The Morgan fingerprint density at radius 3 is 2.79 bits per heavy atom. The monoisotopic (exact) mass is 278 g/mol. The van der Waals surface area contributed by atoms with Crippen molar-refractivity contribution in [3.8, 4) is 11.5 Å². The third-order valence-electron chi connectivity index (χ3n) is 2.75. The minimum atomic E-state index is 0.156. The number of hydrogen-bond acceptors (Lipinski definition) is 4. The molecule has 100 valence electrons. The van der Waals surface area contributed by atoms with Gasteiger partial charge in [-0.25, -0.2) is 0 Å². The largest absolute Gasteiger partial charge is 0.506 e. The van der Waals surface area contributed by atoms with Crippen LogP contribution in [0.4, 0.5) is 5.69 Å². The molecule has 0 fully saturated rings. The molecule has 0 unspecified atom stereocenters. The van der Waals surface area contributed by atoms with Crippen molar-refractivity contribution >= 4 is 17.3 Å². The van der Waals surface area contributed by atoms with Gasteiger partial charge in [-0.05, 0) is 30.7 Å². The molecule has 0 aliphatic rings. The molecule has 2 aromatic rings. The average molecular weight is 279 g/mol. The van der Waals surface area contributed by atoms with Crippen LogP contribution in [0.25, 0.3) is 0 Å². The molecule has 1 aromatic heterocycles. The van der Waals surface area contributed by atoms with E-state index >= 15 is 0 Å². The van der Waals surface area contributed by atoms with E-state index in [9.17, 15) is 5.11 Å². The van der Waals surface area contributed by atoms with Crippen molar-refractivity contribution in [3.63, 3.8) is 0 Å². The summed E-state index contributed by atoms with van der Waals surface area (Å²) >= 11 is 6.05. The first-order valence-corrected chi connectivity index (χ1v) is 6.20. The van der Waals surface area contributed by atoms with E-state index in [0.29, 0.717) is 17.3 Å². The molecule has 2 N–H and O–H groups in total. The van der Waals surface area contributed by atoms with Gasteiger partial charge in [0, 0.05) is 11.1 Å². The van der Waals surface area contributed by atoms with Crippen molar-refractivity contribution in [2.24, 2.45) is 0 Å². The highest BCUT2D eigenvalue weighted by molar-refractivity contribution is 6.31. The first-order valence-electron chi connectivity index (χ1n) is 5.82. The molecule has 0 aliphatic carbocycles. The maximum absolute atomic E-state index is 9.17. The van der Waals surface area contributed by atoms with Crippen LogP contribution in [0.2, 0.25) is 5.02 Å². The Kier molecular flexibility index (Phi) is 4.12. The molecule has 0 saturated heterocycles. The number of nitrogens with one attached hydrogen (secondary N) is 1.